The molecule has 2 saturated carbocycles. The van der Waals surface area contributed by atoms with Crippen LogP contribution >= 0.6 is 23.2 Å². The van der Waals surface area contributed by atoms with Crippen LogP contribution in [0.3, 0.4) is 0 Å². The molecule has 2 aromatic carbocycles. The van der Waals surface area contributed by atoms with Crippen LogP contribution in [0.25, 0.3) is 0 Å². The third kappa shape index (κ3) is 3.19. The predicted octanol–water partition coefficient (Wildman–Crippen LogP) is 4.66. The molecule has 2 aromatic rings. The zero-order valence-electron chi connectivity index (χ0n) is 18.4. The van der Waals surface area contributed by atoms with Crippen LogP contribution in [0.2, 0.25) is 10.0 Å². The van der Waals surface area contributed by atoms with Crippen molar-refractivity contribution in [3.05, 3.63) is 70.2 Å². The van der Waals surface area contributed by atoms with Crippen LogP contribution in [-0.2, 0) is 9.59 Å². The highest BCUT2D eigenvalue weighted by molar-refractivity contribution is 6.42. The van der Waals surface area contributed by atoms with Gasteiger partial charge >= 0.3 is 0 Å². The maximum absolute atomic E-state index is 13.6. The number of carbonyl (C=O) groups excluding carboxylic acids is 3. The molecule has 3 fully saturated rings. The number of hydrogen-bond donors (Lipinski definition) is 0. The van der Waals surface area contributed by atoms with Crippen molar-refractivity contribution in [1.29, 1.82) is 0 Å². The van der Waals surface area contributed by atoms with E-state index in [4.69, 9.17) is 27.9 Å². The highest BCUT2D eigenvalue weighted by atomic mass is 35.5. The topological polar surface area (TPSA) is 66.9 Å². The number of carbonyl (C=O) groups is 3. The van der Waals surface area contributed by atoms with E-state index >= 15 is 0 Å². The molecule has 1 aliphatic heterocycles. The molecule has 3 amide bonds. The van der Waals surface area contributed by atoms with Crippen molar-refractivity contribution in [2.75, 3.05) is 18.7 Å². The summed E-state index contributed by atoms with van der Waals surface area (Å²) in [5, 5.41) is 0.591. The fourth-order valence-electron chi connectivity index (χ4n) is 6.11. The minimum atomic E-state index is -0.386. The Kier molecular flexibility index (Phi) is 5.01. The number of amides is 3. The summed E-state index contributed by atoms with van der Waals surface area (Å²) in [7, 11) is 1.56. The van der Waals surface area contributed by atoms with E-state index in [9.17, 15) is 14.4 Å². The molecule has 174 valence electrons. The first-order valence-corrected chi connectivity index (χ1v) is 12.1. The van der Waals surface area contributed by atoms with Crippen LogP contribution in [0.15, 0.2) is 54.6 Å². The van der Waals surface area contributed by atoms with E-state index in [1.807, 2.05) is 0 Å². The van der Waals surface area contributed by atoms with E-state index in [0.29, 0.717) is 33.9 Å². The number of imide groups is 1. The first-order valence-electron chi connectivity index (χ1n) is 11.3. The molecule has 8 heteroatoms. The van der Waals surface area contributed by atoms with Crippen LogP contribution in [0.1, 0.15) is 16.8 Å². The molecule has 0 N–H and O–H groups in total. The van der Waals surface area contributed by atoms with Gasteiger partial charge in [0, 0.05) is 11.3 Å². The zero-order valence-corrected chi connectivity index (χ0v) is 19.9. The molecule has 34 heavy (non-hydrogen) atoms. The van der Waals surface area contributed by atoms with E-state index in [1.165, 1.54) is 15.9 Å². The fraction of sp³-hybridized carbons (Fsp3) is 0.346. The largest absolute Gasteiger partial charge is 0.497 e. The van der Waals surface area contributed by atoms with Gasteiger partial charge in [-0.25, -0.2) is 0 Å². The van der Waals surface area contributed by atoms with Crippen molar-refractivity contribution in [1.82, 2.24) is 4.90 Å². The molecule has 7 rings (SSSR count). The Balaban J connectivity index is 1.34. The second kappa shape index (κ2) is 7.85. The Morgan fingerprint density at radius 3 is 2.15 bits per heavy atom. The molecule has 5 aliphatic rings. The van der Waals surface area contributed by atoms with Crippen molar-refractivity contribution in [2.24, 2.45) is 35.5 Å². The van der Waals surface area contributed by atoms with Gasteiger partial charge in [0.1, 0.15) is 12.4 Å². The molecule has 2 bridgehead atoms. The Bertz CT molecular complexity index is 1210. The fourth-order valence-corrected chi connectivity index (χ4v) is 6.41. The van der Waals surface area contributed by atoms with Gasteiger partial charge in [-0.05, 0) is 72.6 Å². The first-order chi connectivity index (χ1) is 16.4. The predicted molar refractivity (Wildman–Crippen MR) is 128 cm³/mol. The number of likely N-dealkylation sites (tertiary alicyclic amines) is 1. The summed E-state index contributed by atoms with van der Waals surface area (Å²) < 4.78 is 5.24. The number of nitrogens with zero attached hydrogens (tertiary/aromatic N) is 2. The van der Waals surface area contributed by atoms with Crippen molar-refractivity contribution in [3.8, 4) is 5.75 Å². The summed E-state index contributed by atoms with van der Waals surface area (Å²) >= 11 is 12.2. The number of anilines is 1. The number of methoxy groups -OCH3 is 1. The molecule has 4 aliphatic carbocycles. The minimum Gasteiger partial charge on any atom is -0.497 e. The van der Waals surface area contributed by atoms with Gasteiger partial charge in [0.05, 0.1) is 29.0 Å². The summed E-state index contributed by atoms with van der Waals surface area (Å²) in [6, 6.07) is 11.6. The number of ether oxygens (including phenoxy) is 1. The van der Waals surface area contributed by atoms with Crippen LogP contribution < -0.4 is 9.64 Å². The van der Waals surface area contributed by atoms with E-state index in [0.717, 1.165) is 6.42 Å². The lowest BCUT2D eigenvalue weighted by atomic mass is 9.63. The smallest absolute Gasteiger partial charge is 0.259 e. The maximum Gasteiger partial charge on any atom is 0.259 e. The molecule has 0 spiro atoms. The highest BCUT2D eigenvalue weighted by Crippen LogP contribution is 2.65. The lowest BCUT2D eigenvalue weighted by Gasteiger charge is -2.37. The average Bonchev–Trinajstić information content (AvgIpc) is 3.64. The minimum absolute atomic E-state index is 0.127. The van der Waals surface area contributed by atoms with E-state index < -0.39 is 0 Å². The molecule has 0 radical (unpaired) electrons. The van der Waals surface area contributed by atoms with Crippen LogP contribution in [0.4, 0.5) is 5.69 Å². The van der Waals surface area contributed by atoms with Gasteiger partial charge in [-0.3, -0.25) is 24.2 Å². The van der Waals surface area contributed by atoms with Gasteiger partial charge < -0.3 is 4.74 Å². The Hall–Kier alpha value is -2.83. The van der Waals surface area contributed by atoms with Crippen LogP contribution in [0, 0.1) is 35.5 Å². The molecular formula is C26H22Cl2N2O4. The molecule has 6 nitrogen and oxygen atoms in total. The van der Waals surface area contributed by atoms with Gasteiger partial charge in [-0.1, -0.05) is 35.4 Å². The summed E-state index contributed by atoms with van der Waals surface area (Å²) in [4.78, 5) is 43.3. The van der Waals surface area contributed by atoms with Gasteiger partial charge in [0.2, 0.25) is 11.8 Å². The third-order valence-corrected chi connectivity index (χ3v) is 8.57. The second-order valence-electron chi connectivity index (χ2n) is 9.46. The molecule has 1 saturated heterocycles. The van der Waals surface area contributed by atoms with Gasteiger partial charge in [0.25, 0.3) is 5.91 Å². The number of rotatable bonds is 5. The lowest BCUT2D eigenvalue weighted by molar-refractivity contribution is -0.140. The quantitative estimate of drug-likeness (QED) is 0.445. The summed E-state index contributed by atoms with van der Waals surface area (Å²) in [5.74, 6) is 0.540. The molecule has 1 heterocycles. The van der Waals surface area contributed by atoms with Crippen molar-refractivity contribution in [3.63, 3.8) is 0 Å². The van der Waals surface area contributed by atoms with Crippen molar-refractivity contribution in [2.45, 2.75) is 6.42 Å². The Morgan fingerprint density at radius 1 is 0.971 bits per heavy atom. The monoisotopic (exact) mass is 496 g/mol. The number of halogens is 2. The zero-order chi connectivity index (χ0) is 23.7. The molecule has 0 aromatic heterocycles. The van der Waals surface area contributed by atoms with Crippen LogP contribution in [0.5, 0.6) is 5.75 Å². The number of hydrogen-bond acceptors (Lipinski definition) is 4. The number of allylic oxidation sites excluding steroid dienone is 2. The van der Waals surface area contributed by atoms with Crippen molar-refractivity contribution < 1.29 is 19.1 Å². The summed E-state index contributed by atoms with van der Waals surface area (Å²) in [5.41, 5.74) is 0.848. The first kappa shape index (κ1) is 21.7. The second-order valence-corrected chi connectivity index (χ2v) is 10.3. The Labute approximate surface area is 207 Å². The van der Waals surface area contributed by atoms with Gasteiger partial charge in [0.15, 0.2) is 0 Å². The normalized spacial score (nSPS) is 30.3. The molecule has 0 unspecified atom stereocenters. The van der Waals surface area contributed by atoms with Gasteiger partial charge in [-0.15, -0.1) is 0 Å². The highest BCUT2D eigenvalue weighted by Gasteiger charge is 2.67. The number of benzene rings is 2. The maximum atomic E-state index is 13.6. The van der Waals surface area contributed by atoms with E-state index in [-0.39, 0.29) is 53.1 Å². The summed E-state index contributed by atoms with van der Waals surface area (Å²) in [6.45, 7) is -0.162. The molecular weight excluding hydrogens is 475 g/mol. The average molecular weight is 497 g/mol. The lowest BCUT2D eigenvalue weighted by Crippen LogP contribution is -2.45. The Morgan fingerprint density at radius 2 is 1.59 bits per heavy atom. The van der Waals surface area contributed by atoms with Crippen molar-refractivity contribution >= 4 is 46.6 Å². The van der Waals surface area contributed by atoms with E-state index in [2.05, 4.69) is 12.2 Å². The van der Waals surface area contributed by atoms with E-state index in [1.54, 1.807) is 43.5 Å². The van der Waals surface area contributed by atoms with Gasteiger partial charge in [-0.2, -0.15) is 0 Å². The summed E-state index contributed by atoms with van der Waals surface area (Å²) in [6.07, 6.45) is 5.37. The third-order valence-electron chi connectivity index (χ3n) is 7.83. The van der Waals surface area contributed by atoms with Crippen LogP contribution in [-0.4, -0.2) is 36.4 Å². The SMILES string of the molecule is COc1ccc(N(CN2C(=O)[C@H]3[C@@H]4C=C[C@H]([C@@H]5C[C@H]45)[C@@H]3C2=O)C(=O)c2ccc(Cl)c(Cl)c2)cc1. The molecule has 6 atom stereocenters. The standard InChI is InChI=1S/C26H22Cl2N2O4/c1-34-15-5-3-14(4-6-15)29(24(31)13-2-9-20(27)21(28)10-13)12-30-25(32)22-16-7-8-17(19-11-18(16)19)23(22)26(30)33/h2-10,16-19,22-23H,11-12H2,1H3/t16-,17-,18-,19+,22+,23+/m1/s1.